The minimum absolute atomic E-state index is 0. The maximum Gasteiger partial charge on any atom is 0.408 e. The molecule has 0 aromatic rings. The van der Waals surface area contributed by atoms with Crippen LogP contribution >= 0.6 is 0 Å². The van der Waals surface area contributed by atoms with E-state index in [-0.39, 0.29) is 25.0 Å². The number of hydrogen-bond donors (Lipinski definition) is 3. The Balaban J connectivity index is 0.000000602. The predicted molar refractivity (Wildman–Crippen MR) is 134 cm³/mol. The van der Waals surface area contributed by atoms with Crippen molar-refractivity contribution in [3.63, 3.8) is 0 Å². The third-order valence-corrected chi connectivity index (χ3v) is 7.78. The molecule has 2 fully saturated rings. The third kappa shape index (κ3) is 10.4. The van der Waals surface area contributed by atoms with E-state index >= 15 is 0 Å². The van der Waals surface area contributed by atoms with Gasteiger partial charge in [0.2, 0.25) is 0 Å². The molecule has 2 amide bonds. The molecule has 0 aliphatic heterocycles. The molecule has 0 aromatic carbocycles. The van der Waals surface area contributed by atoms with Crippen molar-refractivity contribution >= 4 is 26.2 Å². The van der Waals surface area contributed by atoms with E-state index in [1.54, 1.807) is 20.8 Å². The number of carboxylic acids is 1. The number of carboxylic acid groups (broad SMARTS) is 1. The predicted octanol–water partition coefficient (Wildman–Crippen LogP) is 5.64. The Morgan fingerprint density at radius 2 is 1.55 bits per heavy atom. The van der Waals surface area contributed by atoms with Gasteiger partial charge >= 0.3 is 18.2 Å². The van der Waals surface area contributed by atoms with Crippen LogP contribution < -0.4 is 10.6 Å². The van der Waals surface area contributed by atoms with Gasteiger partial charge in [0, 0.05) is 13.6 Å². The third-order valence-electron chi connectivity index (χ3n) is 6.08. The lowest BCUT2D eigenvalue weighted by molar-refractivity contribution is -0.141. The van der Waals surface area contributed by atoms with Gasteiger partial charge < -0.3 is 25.2 Å². The lowest BCUT2D eigenvalue weighted by Crippen LogP contribution is -2.46. The highest BCUT2D eigenvalue weighted by molar-refractivity contribution is 6.76. The first-order valence-electron chi connectivity index (χ1n) is 11.7. The molecule has 9 heteroatoms. The smallest absolute Gasteiger partial charge is 0.408 e. The van der Waals surface area contributed by atoms with E-state index in [1.165, 1.54) is 0 Å². The molecular formula is C24H48N2O6Si. The summed E-state index contributed by atoms with van der Waals surface area (Å²) in [6.07, 6.45) is 2.54. The number of rotatable bonds is 8. The van der Waals surface area contributed by atoms with Crippen LogP contribution in [0.1, 0.15) is 74.7 Å². The van der Waals surface area contributed by atoms with Gasteiger partial charge in [-0.3, -0.25) is 0 Å². The summed E-state index contributed by atoms with van der Waals surface area (Å²) in [5, 5.41) is 14.5. The van der Waals surface area contributed by atoms with E-state index in [0.29, 0.717) is 18.9 Å². The van der Waals surface area contributed by atoms with Crippen LogP contribution in [0.3, 0.4) is 0 Å². The fraction of sp³-hybridized carbons (Fsp3) is 0.875. The van der Waals surface area contributed by atoms with Gasteiger partial charge in [0.25, 0.3) is 0 Å². The molecule has 2 aliphatic rings. The molecule has 194 valence electrons. The molecule has 0 bridgehead atoms. The number of carbonyl (C=O) groups excluding carboxylic acids is 2. The van der Waals surface area contributed by atoms with E-state index in [9.17, 15) is 14.4 Å². The van der Waals surface area contributed by atoms with Crippen LogP contribution in [-0.2, 0) is 14.3 Å². The first-order chi connectivity index (χ1) is 14.5. The molecule has 8 nitrogen and oxygen atoms in total. The van der Waals surface area contributed by atoms with Crippen molar-refractivity contribution in [3.8, 4) is 0 Å². The van der Waals surface area contributed by atoms with Crippen molar-refractivity contribution in [2.45, 2.75) is 117 Å². The van der Waals surface area contributed by atoms with Gasteiger partial charge in [-0.1, -0.05) is 53.8 Å². The number of aliphatic carboxylic acids is 1. The van der Waals surface area contributed by atoms with Crippen LogP contribution in [0.2, 0.25) is 25.7 Å². The fourth-order valence-electron chi connectivity index (χ4n) is 3.70. The van der Waals surface area contributed by atoms with E-state index < -0.39 is 31.3 Å². The van der Waals surface area contributed by atoms with Crippen LogP contribution in [0.4, 0.5) is 9.59 Å². The maximum atomic E-state index is 11.5. The lowest BCUT2D eigenvalue weighted by Gasteiger charge is -2.22. The van der Waals surface area contributed by atoms with Crippen molar-refractivity contribution < 1.29 is 29.0 Å². The highest BCUT2D eigenvalue weighted by Gasteiger charge is 2.61. The summed E-state index contributed by atoms with van der Waals surface area (Å²) < 4.78 is 10.3. The zero-order chi connectivity index (χ0) is 25.0. The Labute approximate surface area is 201 Å². The number of alkyl carbamates (subject to hydrolysis) is 2. The Kier molecular flexibility index (Phi) is 11.0. The van der Waals surface area contributed by atoms with Gasteiger partial charge in [-0.15, -0.1) is 0 Å². The van der Waals surface area contributed by atoms with Crippen molar-refractivity contribution in [1.82, 2.24) is 10.6 Å². The molecule has 0 radical (unpaired) electrons. The average Bonchev–Trinajstić information content (AvgIpc) is 3.47. The number of amides is 2. The van der Waals surface area contributed by atoms with Gasteiger partial charge in [-0.2, -0.15) is 0 Å². The van der Waals surface area contributed by atoms with Gasteiger partial charge in [-0.05, 0) is 58.4 Å². The number of carbonyl (C=O) groups is 3. The molecule has 3 N–H and O–H groups in total. The molecule has 0 spiro atoms. The quantitative estimate of drug-likeness (QED) is 0.381. The minimum atomic E-state index is -1.10. The molecule has 4 unspecified atom stereocenters. The highest BCUT2D eigenvalue weighted by Crippen LogP contribution is 2.46. The van der Waals surface area contributed by atoms with E-state index in [4.69, 9.17) is 14.6 Å². The molecular weight excluding hydrogens is 440 g/mol. The summed E-state index contributed by atoms with van der Waals surface area (Å²) >= 11 is 0. The van der Waals surface area contributed by atoms with Gasteiger partial charge in [0.15, 0.2) is 0 Å². The normalized spacial score (nSPS) is 27.7. The van der Waals surface area contributed by atoms with Crippen LogP contribution in [0.25, 0.3) is 0 Å². The highest BCUT2D eigenvalue weighted by atomic mass is 28.3. The Bertz CT molecular complexity index is 687. The summed E-state index contributed by atoms with van der Waals surface area (Å²) in [5.41, 5.74) is -1.71. The second kappa shape index (κ2) is 11.6. The van der Waals surface area contributed by atoms with Crippen molar-refractivity contribution in [2.75, 3.05) is 6.61 Å². The van der Waals surface area contributed by atoms with E-state index in [0.717, 1.165) is 25.3 Å². The van der Waals surface area contributed by atoms with Gasteiger partial charge in [-0.25, -0.2) is 14.4 Å². The Morgan fingerprint density at radius 3 is 1.91 bits per heavy atom. The van der Waals surface area contributed by atoms with Crippen LogP contribution in [0.15, 0.2) is 0 Å². The summed E-state index contributed by atoms with van der Waals surface area (Å²) in [5.74, 6) is -0.334. The molecule has 0 heterocycles. The first kappa shape index (κ1) is 31.2. The molecule has 4 atom stereocenters. The lowest BCUT2D eigenvalue weighted by atomic mass is 10.1. The molecule has 0 aromatic heterocycles. The van der Waals surface area contributed by atoms with Crippen molar-refractivity contribution in [1.29, 1.82) is 0 Å². The van der Waals surface area contributed by atoms with Gasteiger partial charge in [0.05, 0.1) is 6.61 Å². The van der Waals surface area contributed by atoms with Gasteiger partial charge in [0.1, 0.15) is 11.1 Å². The summed E-state index contributed by atoms with van der Waals surface area (Å²) in [6.45, 7) is 18.8. The largest absolute Gasteiger partial charge is 0.479 e. The molecule has 2 rings (SSSR count). The monoisotopic (exact) mass is 488 g/mol. The Morgan fingerprint density at radius 1 is 1.00 bits per heavy atom. The SMILES string of the molecule is C.CCC1CC1(C)NC(=O)OCC[Si](C)(C)C.CCC1CC1(NC(=O)OC(C)(C)C)C(=O)O. The molecule has 2 aliphatic carbocycles. The second-order valence-electron chi connectivity index (χ2n) is 11.5. The number of hydrogen-bond acceptors (Lipinski definition) is 5. The topological polar surface area (TPSA) is 114 Å². The maximum absolute atomic E-state index is 11.5. The Hall–Kier alpha value is -1.77. The van der Waals surface area contributed by atoms with E-state index in [2.05, 4.69) is 44.1 Å². The minimum Gasteiger partial charge on any atom is -0.479 e. The number of nitrogens with one attached hydrogen (secondary N) is 2. The van der Waals surface area contributed by atoms with Crippen molar-refractivity contribution in [3.05, 3.63) is 0 Å². The summed E-state index contributed by atoms with van der Waals surface area (Å²) in [6, 6.07) is 1.04. The summed E-state index contributed by atoms with van der Waals surface area (Å²) in [4.78, 5) is 34.1. The summed E-state index contributed by atoms with van der Waals surface area (Å²) in [7, 11) is -1.09. The first-order valence-corrected chi connectivity index (χ1v) is 15.4. The van der Waals surface area contributed by atoms with Crippen LogP contribution in [0, 0.1) is 11.8 Å². The molecule has 2 saturated carbocycles. The zero-order valence-electron chi connectivity index (χ0n) is 21.4. The van der Waals surface area contributed by atoms with Crippen LogP contribution in [0.5, 0.6) is 0 Å². The zero-order valence-corrected chi connectivity index (χ0v) is 22.4. The fourth-order valence-corrected chi connectivity index (χ4v) is 4.41. The van der Waals surface area contributed by atoms with Crippen molar-refractivity contribution in [2.24, 2.45) is 11.8 Å². The molecule has 33 heavy (non-hydrogen) atoms. The second-order valence-corrected chi connectivity index (χ2v) is 17.1. The standard InChI is InChI=1S/C12H25NO2Si.C11H19NO4.CH4/c1-6-10-9-12(10,2)13-11(14)15-7-8-16(3,4)5;1-5-7-6-11(7,8(13)14)12-9(15)16-10(2,3)4;/h10H,6-9H2,1-5H3,(H,13,14);7H,5-6H2,1-4H3,(H,12,15)(H,13,14);1H4. The average molecular weight is 489 g/mol. The van der Waals surface area contributed by atoms with E-state index in [1.807, 2.05) is 6.92 Å². The van der Waals surface area contributed by atoms with Crippen LogP contribution in [-0.4, -0.2) is 54.6 Å². The molecule has 0 saturated heterocycles. The number of ether oxygens (including phenoxy) is 2.